The minimum atomic E-state index is 0.220. The van der Waals surface area contributed by atoms with E-state index in [0.717, 1.165) is 33.9 Å². The maximum absolute atomic E-state index is 9.55. The summed E-state index contributed by atoms with van der Waals surface area (Å²) < 4.78 is 0. The van der Waals surface area contributed by atoms with Gasteiger partial charge in [0.25, 0.3) is 0 Å². The fraction of sp³-hybridized carbons (Fsp3) is 0. The van der Waals surface area contributed by atoms with Crippen LogP contribution in [0.3, 0.4) is 0 Å². The van der Waals surface area contributed by atoms with E-state index in [1.165, 1.54) is 0 Å². The van der Waals surface area contributed by atoms with Crippen molar-refractivity contribution < 1.29 is 10.2 Å². The van der Waals surface area contributed by atoms with E-state index in [2.05, 4.69) is 4.98 Å². The van der Waals surface area contributed by atoms with Crippen LogP contribution in [0, 0.1) is 0 Å². The molecule has 0 spiro atoms. The number of nitrogens with zero attached hydrogens (tertiary/aromatic N) is 1. The van der Waals surface area contributed by atoms with Crippen LogP contribution in [0.15, 0.2) is 78.9 Å². The Morgan fingerprint density at radius 2 is 1.16 bits per heavy atom. The average Bonchev–Trinajstić information content (AvgIpc) is 3.09. The third-order valence-corrected chi connectivity index (χ3v) is 4.05. The van der Waals surface area contributed by atoms with Gasteiger partial charge in [-0.1, -0.05) is 30.3 Å². The summed E-state index contributed by atoms with van der Waals surface area (Å²) in [5, 5.41) is 19.0. The topological polar surface area (TPSA) is 69.1 Å². The molecule has 25 heavy (non-hydrogen) atoms. The number of phenols is 2. The minimum absolute atomic E-state index is 0.220. The molecule has 122 valence electrons. The number of hydrogen-bond acceptors (Lipinski definition) is 3. The highest BCUT2D eigenvalue weighted by Crippen LogP contribution is 2.33. The van der Waals surface area contributed by atoms with Crippen LogP contribution in [-0.2, 0) is 0 Å². The van der Waals surface area contributed by atoms with Gasteiger partial charge in [0.05, 0.1) is 11.4 Å². The molecule has 3 aromatic carbocycles. The van der Waals surface area contributed by atoms with Crippen LogP contribution in [0.1, 0.15) is 0 Å². The van der Waals surface area contributed by atoms with Gasteiger partial charge in [0, 0.05) is 16.7 Å². The largest absolute Gasteiger partial charge is 0.508 e. The summed E-state index contributed by atoms with van der Waals surface area (Å²) in [6, 6.07) is 23.9. The van der Waals surface area contributed by atoms with Crippen molar-refractivity contribution in [3.63, 3.8) is 0 Å². The second-order valence-corrected chi connectivity index (χ2v) is 5.77. The number of nitrogens with one attached hydrogen (secondary N) is 1. The Bertz CT molecular complexity index is 989. The molecule has 4 rings (SSSR count). The second kappa shape index (κ2) is 6.17. The predicted molar refractivity (Wildman–Crippen MR) is 98.2 cm³/mol. The van der Waals surface area contributed by atoms with Crippen molar-refractivity contribution in [1.29, 1.82) is 0 Å². The lowest BCUT2D eigenvalue weighted by molar-refractivity contribution is 0.475. The van der Waals surface area contributed by atoms with Crippen molar-refractivity contribution in [3.05, 3.63) is 78.9 Å². The molecule has 0 aliphatic rings. The highest BCUT2D eigenvalue weighted by Gasteiger charge is 2.15. The molecule has 0 aliphatic carbocycles. The smallest absolute Gasteiger partial charge is 0.138 e. The third-order valence-electron chi connectivity index (χ3n) is 4.05. The van der Waals surface area contributed by atoms with Crippen LogP contribution in [-0.4, -0.2) is 20.2 Å². The maximum atomic E-state index is 9.55. The normalized spacial score (nSPS) is 10.7. The van der Waals surface area contributed by atoms with Gasteiger partial charge in [0.2, 0.25) is 0 Å². The lowest BCUT2D eigenvalue weighted by Gasteiger charge is -2.03. The number of aromatic amines is 1. The number of benzene rings is 3. The van der Waals surface area contributed by atoms with Crippen molar-refractivity contribution in [3.8, 4) is 45.4 Å². The van der Waals surface area contributed by atoms with Gasteiger partial charge in [-0.15, -0.1) is 0 Å². The first-order valence-electron chi connectivity index (χ1n) is 7.95. The fourth-order valence-electron chi connectivity index (χ4n) is 2.77. The predicted octanol–water partition coefficient (Wildman–Crippen LogP) is 4.82. The molecule has 0 fully saturated rings. The summed E-state index contributed by atoms with van der Waals surface area (Å²) in [7, 11) is 0. The Hall–Kier alpha value is -3.53. The molecular formula is C21H16N2O2. The van der Waals surface area contributed by atoms with Crippen molar-refractivity contribution in [2.24, 2.45) is 0 Å². The van der Waals surface area contributed by atoms with Gasteiger partial charge in [-0.3, -0.25) is 0 Å². The lowest BCUT2D eigenvalue weighted by atomic mass is 10.1. The molecule has 0 aliphatic heterocycles. The zero-order chi connectivity index (χ0) is 17.2. The summed E-state index contributed by atoms with van der Waals surface area (Å²) in [4.78, 5) is 8.16. The maximum Gasteiger partial charge on any atom is 0.138 e. The van der Waals surface area contributed by atoms with Gasteiger partial charge in [-0.25, -0.2) is 4.98 Å². The quantitative estimate of drug-likeness (QED) is 0.505. The fourth-order valence-corrected chi connectivity index (χ4v) is 2.77. The standard InChI is InChI=1S/C21H16N2O2/c24-17-10-6-15(7-11-17)20-19(14-4-2-1-3-5-14)22-21(23-20)16-8-12-18(25)13-9-16/h1-13,24-25H,(H,22,23). The zero-order valence-electron chi connectivity index (χ0n) is 13.3. The molecule has 1 aromatic heterocycles. The minimum Gasteiger partial charge on any atom is -0.508 e. The molecule has 0 saturated heterocycles. The number of hydrogen-bond donors (Lipinski definition) is 3. The molecule has 4 aromatic rings. The van der Waals surface area contributed by atoms with Gasteiger partial charge in [-0.2, -0.15) is 0 Å². The van der Waals surface area contributed by atoms with Gasteiger partial charge in [-0.05, 0) is 48.5 Å². The summed E-state index contributed by atoms with van der Waals surface area (Å²) in [5.41, 5.74) is 4.56. The molecule has 1 heterocycles. The van der Waals surface area contributed by atoms with Crippen LogP contribution >= 0.6 is 0 Å². The molecule has 0 unspecified atom stereocenters. The Morgan fingerprint density at radius 1 is 0.600 bits per heavy atom. The van der Waals surface area contributed by atoms with Gasteiger partial charge >= 0.3 is 0 Å². The monoisotopic (exact) mass is 328 g/mol. The summed E-state index contributed by atoms with van der Waals surface area (Å²) in [5.74, 6) is 1.17. The van der Waals surface area contributed by atoms with E-state index in [4.69, 9.17) is 4.98 Å². The molecule has 4 heteroatoms. The van der Waals surface area contributed by atoms with Crippen LogP contribution in [0.2, 0.25) is 0 Å². The molecule has 3 N–H and O–H groups in total. The molecule has 0 amide bonds. The number of H-pyrrole nitrogens is 1. The number of rotatable bonds is 3. The van der Waals surface area contributed by atoms with Crippen molar-refractivity contribution in [1.82, 2.24) is 9.97 Å². The van der Waals surface area contributed by atoms with Crippen molar-refractivity contribution in [2.45, 2.75) is 0 Å². The molecule has 0 atom stereocenters. The van der Waals surface area contributed by atoms with E-state index in [1.807, 2.05) is 54.6 Å². The van der Waals surface area contributed by atoms with Gasteiger partial charge < -0.3 is 15.2 Å². The molecule has 4 nitrogen and oxygen atoms in total. The van der Waals surface area contributed by atoms with Crippen LogP contribution in [0.4, 0.5) is 0 Å². The zero-order valence-corrected chi connectivity index (χ0v) is 13.3. The molecule has 0 radical (unpaired) electrons. The van der Waals surface area contributed by atoms with Gasteiger partial charge in [0.15, 0.2) is 0 Å². The third kappa shape index (κ3) is 2.97. The number of imidazole rings is 1. The lowest BCUT2D eigenvalue weighted by Crippen LogP contribution is -1.83. The highest BCUT2D eigenvalue weighted by molar-refractivity contribution is 5.81. The van der Waals surface area contributed by atoms with E-state index in [9.17, 15) is 10.2 Å². The molecule has 0 saturated carbocycles. The number of aromatic nitrogens is 2. The van der Waals surface area contributed by atoms with Crippen LogP contribution in [0.5, 0.6) is 11.5 Å². The Morgan fingerprint density at radius 3 is 1.76 bits per heavy atom. The molecule has 0 bridgehead atoms. The van der Waals surface area contributed by atoms with Crippen molar-refractivity contribution >= 4 is 0 Å². The Labute approximate surface area is 145 Å². The second-order valence-electron chi connectivity index (χ2n) is 5.77. The van der Waals surface area contributed by atoms with Crippen molar-refractivity contribution in [2.75, 3.05) is 0 Å². The Kier molecular flexibility index (Phi) is 3.71. The number of phenolic OH excluding ortho intramolecular Hbond substituents is 2. The first kappa shape index (κ1) is 15.0. The van der Waals surface area contributed by atoms with E-state index in [-0.39, 0.29) is 11.5 Å². The van der Waals surface area contributed by atoms with E-state index < -0.39 is 0 Å². The summed E-state index contributed by atoms with van der Waals surface area (Å²) in [6.07, 6.45) is 0. The van der Waals surface area contributed by atoms with E-state index >= 15 is 0 Å². The summed E-state index contributed by atoms with van der Waals surface area (Å²) >= 11 is 0. The van der Waals surface area contributed by atoms with Crippen LogP contribution < -0.4 is 0 Å². The molecular weight excluding hydrogens is 312 g/mol. The average molecular weight is 328 g/mol. The highest BCUT2D eigenvalue weighted by atomic mass is 16.3. The van der Waals surface area contributed by atoms with Crippen LogP contribution in [0.25, 0.3) is 33.9 Å². The first-order chi connectivity index (χ1) is 12.2. The van der Waals surface area contributed by atoms with E-state index in [0.29, 0.717) is 0 Å². The Balaban J connectivity index is 1.89. The summed E-state index contributed by atoms with van der Waals surface area (Å²) in [6.45, 7) is 0. The first-order valence-corrected chi connectivity index (χ1v) is 7.95. The SMILES string of the molecule is Oc1ccc(-c2nc(-c3ccc(O)cc3)c(-c3ccccc3)[nH]2)cc1. The number of aromatic hydroxyl groups is 2. The van der Waals surface area contributed by atoms with Gasteiger partial charge in [0.1, 0.15) is 17.3 Å². The van der Waals surface area contributed by atoms with E-state index in [1.54, 1.807) is 24.3 Å².